The second-order valence-corrected chi connectivity index (χ2v) is 10.1. The van der Waals surface area contributed by atoms with Crippen LogP contribution in [0.15, 0.2) is 24.3 Å². The fourth-order valence-corrected chi connectivity index (χ4v) is 5.41. The third-order valence-corrected chi connectivity index (χ3v) is 7.43. The first-order chi connectivity index (χ1) is 17.4. The lowest BCUT2D eigenvalue weighted by Crippen LogP contribution is -2.44. The van der Waals surface area contributed by atoms with E-state index >= 15 is 0 Å². The summed E-state index contributed by atoms with van der Waals surface area (Å²) in [6.07, 6.45) is 4.15. The lowest BCUT2D eigenvalue weighted by Gasteiger charge is -2.32. The summed E-state index contributed by atoms with van der Waals surface area (Å²) in [6.45, 7) is 9.68. The lowest BCUT2D eigenvalue weighted by molar-refractivity contribution is -0.127. The van der Waals surface area contributed by atoms with Gasteiger partial charge in [-0.3, -0.25) is 9.59 Å². The molecule has 0 aliphatic carbocycles. The molecule has 3 aromatic rings. The standard InChI is InChI=1S/C27H35N7O2/c1-18-9-11-22(12-10-18)34-20(3)24-19(2)29-30-26(25(24)31-34)33-15-4-7-21(17-33)27(36)28-13-6-16-32-14-5-8-23(32)35/h9-12,21H,4-8,13-17H2,1-3H3,(H,28,36)/t21-/m0/s1. The first-order valence-electron chi connectivity index (χ1n) is 13.0. The highest BCUT2D eigenvalue weighted by Crippen LogP contribution is 2.31. The number of amides is 2. The molecule has 4 heterocycles. The maximum Gasteiger partial charge on any atom is 0.224 e. The molecule has 1 N–H and O–H groups in total. The molecule has 1 atom stereocenters. The molecule has 2 aromatic heterocycles. The molecule has 0 unspecified atom stereocenters. The molecule has 2 aliphatic heterocycles. The van der Waals surface area contributed by atoms with E-state index in [0.29, 0.717) is 19.5 Å². The zero-order chi connectivity index (χ0) is 25.2. The van der Waals surface area contributed by atoms with Crippen LogP contribution in [-0.2, 0) is 9.59 Å². The second kappa shape index (κ2) is 10.2. The van der Waals surface area contributed by atoms with Crippen LogP contribution < -0.4 is 10.2 Å². The molecular weight excluding hydrogens is 454 g/mol. The molecule has 0 saturated carbocycles. The van der Waals surface area contributed by atoms with Gasteiger partial charge in [0.25, 0.3) is 0 Å². The Labute approximate surface area is 211 Å². The predicted octanol–water partition coefficient (Wildman–Crippen LogP) is 3.09. The van der Waals surface area contributed by atoms with Gasteiger partial charge in [0.05, 0.1) is 28.4 Å². The Morgan fingerprint density at radius 2 is 1.89 bits per heavy atom. The van der Waals surface area contributed by atoms with Gasteiger partial charge in [-0.1, -0.05) is 17.7 Å². The number of hydrogen-bond donors (Lipinski definition) is 1. The summed E-state index contributed by atoms with van der Waals surface area (Å²) < 4.78 is 1.96. The number of hydrogen-bond acceptors (Lipinski definition) is 6. The van der Waals surface area contributed by atoms with Gasteiger partial charge in [-0.2, -0.15) is 10.2 Å². The number of likely N-dealkylation sites (tertiary alicyclic amines) is 1. The average molecular weight is 490 g/mol. The Balaban J connectivity index is 1.29. The average Bonchev–Trinajstić information content (AvgIpc) is 3.45. The fraction of sp³-hybridized carbons (Fsp3) is 0.519. The van der Waals surface area contributed by atoms with Gasteiger partial charge in [-0.15, -0.1) is 5.10 Å². The SMILES string of the molecule is Cc1ccc(-n2nc3c(N4CCC[C@H](C(=O)NCCCN5CCCC5=O)C4)nnc(C)c3c2C)cc1. The summed E-state index contributed by atoms with van der Waals surface area (Å²) in [5, 5.41) is 18.1. The maximum atomic E-state index is 12.9. The van der Waals surface area contributed by atoms with E-state index < -0.39 is 0 Å². The molecule has 1 aromatic carbocycles. The first kappa shape index (κ1) is 24.2. The highest BCUT2D eigenvalue weighted by molar-refractivity contribution is 5.92. The Kier molecular flexibility index (Phi) is 6.89. The molecule has 36 heavy (non-hydrogen) atoms. The van der Waals surface area contributed by atoms with E-state index in [1.165, 1.54) is 5.56 Å². The Hall–Kier alpha value is -3.49. The molecule has 9 heteroatoms. The number of nitrogens with zero attached hydrogens (tertiary/aromatic N) is 6. The topological polar surface area (TPSA) is 96.2 Å². The van der Waals surface area contributed by atoms with Crippen LogP contribution in [0.3, 0.4) is 0 Å². The molecule has 9 nitrogen and oxygen atoms in total. The Morgan fingerprint density at radius 3 is 2.64 bits per heavy atom. The highest BCUT2D eigenvalue weighted by Gasteiger charge is 2.29. The van der Waals surface area contributed by atoms with Crippen molar-refractivity contribution in [1.29, 1.82) is 0 Å². The molecule has 0 radical (unpaired) electrons. The highest BCUT2D eigenvalue weighted by atomic mass is 16.2. The number of benzene rings is 1. The summed E-state index contributed by atoms with van der Waals surface area (Å²) in [6, 6.07) is 8.32. The van der Waals surface area contributed by atoms with Gasteiger partial charge in [0.2, 0.25) is 11.8 Å². The van der Waals surface area contributed by atoms with E-state index in [0.717, 1.165) is 79.1 Å². The summed E-state index contributed by atoms with van der Waals surface area (Å²) in [5.41, 5.74) is 4.93. The lowest BCUT2D eigenvalue weighted by atomic mass is 9.97. The van der Waals surface area contributed by atoms with Crippen molar-refractivity contribution in [2.24, 2.45) is 5.92 Å². The minimum absolute atomic E-state index is 0.0742. The summed E-state index contributed by atoms with van der Waals surface area (Å²) >= 11 is 0. The third-order valence-electron chi connectivity index (χ3n) is 7.43. The first-order valence-corrected chi connectivity index (χ1v) is 13.0. The number of rotatable bonds is 7. The van der Waals surface area contributed by atoms with Gasteiger partial charge in [-0.05, 0) is 58.6 Å². The van der Waals surface area contributed by atoms with Crippen molar-refractivity contribution >= 4 is 28.5 Å². The van der Waals surface area contributed by atoms with Crippen molar-refractivity contribution in [2.45, 2.75) is 52.9 Å². The summed E-state index contributed by atoms with van der Waals surface area (Å²) in [4.78, 5) is 28.8. The predicted molar refractivity (Wildman–Crippen MR) is 139 cm³/mol. The smallest absolute Gasteiger partial charge is 0.224 e. The number of aryl methyl sites for hydroxylation is 3. The number of carbonyl (C=O) groups is 2. The molecule has 0 spiro atoms. The van der Waals surface area contributed by atoms with Crippen LogP contribution in [0.2, 0.25) is 0 Å². The van der Waals surface area contributed by atoms with Crippen LogP contribution in [0.1, 0.15) is 49.1 Å². The molecule has 5 rings (SSSR count). The quantitative estimate of drug-likeness (QED) is 0.513. The van der Waals surface area contributed by atoms with Crippen molar-refractivity contribution in [1.82, 2.24) is 30.2 Å². The molecule has 2 amide bonds. The number of fused-ring (bicyclic) bond motifs is 1. The van der Waals surface area contributed by atoms with Gasteiger partial charge in [-0.25, -0.2) is 4.68 Å². The zero-order valence-corrected chi connectivity index (χ0v) is 21.5. The number of anilines is 1. The number of piperidine rings is 1. The van der Waals surface area contributed by atoms with Crippen LogP contribution in [0.25, 0.3) is 16.6 Å². The maximum absolute atomic E-state index is 12.9. The van der Waals surface area contributed by atoms with E-state index in [1.807, 2.05) is 16.5 Å². The molecule has 2 saturated heterocycles. The van der Waals surface area contributed by atoms with Crippen LogP contribution in [0.4, 0.5) is 5.82 Å². The van der Waals surface area contributed by atoms with Crippen molar-refractivity contribution in [3.05, 3.63) is 41.2 Å². The van der Waals surface area contributed by atoms with E-state index in [4.69, 9.17) is 5.10 Å². The van der Waals surface area contributed by atoms with Crippen LogP contribution >= 0.6 is 0 Å². The Bertz CT molecular complexity index is 1270. The molecule has 2 fully saturated rings. The fourth-order valence-electron chi connectivity index (χ4n) is 5.41. The van der Waals surface area contributed by atoms with E-state index in [-0.39, 0.29) is 17.7 Å². The van der Waals surface area contributed by atoms with Crippen molar-refractivity contribution in [3.8, 4) is 5.69 Å². The van der Waals surface area contributed by atoms with Crippen LogP contribution in [0, 0.1) is 26.7 Å². The molecule has 0 bridgehead atoms. The van der Waals surface area contributed by atoms with E-state index in [1.54, 1.807) is 0 Å². The zero-order valence-electron chi connectivity index (χ0n) is 21.5. The van der Waals surface area contributed by atoms with E-state index in [9.17, 15) is 9.59 Å². The number of carbonyl (C=O) groups excluding carboxylic acids is 2. The van der Waals surface area contributed by atoms with E-state index in [2.05, 4.69) is 58.5 Å². The van der Waals surface area contributed by atoms with Crippen molar-refractivity contribution in [3.63, 3.8) is 0 Å². The largest absolute Gasteiger partial charge is 0.356 e. The van der Waals surface area contributed by atoms with Gasteiger partial charge >= 0.3 is 0 Å². The minimum Gasteiger partial charge on any atom is -0.356 e. The normalized spacial score (nSPS) is 18.3. The van der Waals surface area contributed by atoms with Gasteiger partial charge in [0.15, 0.2) is 5.82 Å². The molecule has 190 valence electrons. The molecular formula is C27H35N7O2. The van der Waals surface area contributed by atoms with Gasteiger partial charge in [0.1, 0.15) is 5.52 Å². The Morgan fingerprint density at radius 1 is 1.08 bits per heavy atom. The van der Waals surface area contributed by atoms with Gasteiger partial charge in [0, 0.05) is 39.1 Å². The third kappa shape index (κ3) is 4.79. The monoisotopic (exact) mass is 489 g/mol. The number of nitrogens with one attached hydrogen (secondary N) is 1. The minimum atomic E-state index is -0.106. The van der Waals surface area contributed by atoms with Gasteiger partial charge < -0.3 is 15.1 Å². The second-order valence-electron chi connectivity index (χ2n) is 10.1. The number of aromatic nitrogens is 4. The van der Waals surface area contributed by atoms with Crippen molar-refractivity contribution in [2.75, 3.05) is 37.6 Å². The summed E-state index contributed by atoms with van der Waals surface area (Å²) in [7, 11) is 0. The van der Waals surface area contributed by atoms with Crippen LogP contribution in [-0.4, -0.2) is 69.4 Å². The molecule has 2 aliphatic rings. The van der Waals surface area contributed by atoms with Crippen molar-refractivity contribution < 1.29 is 9.59 Å². The summed E-state index contributed by atoms with van der Waals surface area (Å²) in [5.74, 6) is 0.945. The van der Waals surface area contributed by atoms with Crippen LogP contribution in [0.5, 0.6) is 0 Å².